The summed E-state index contributed by atoms with van der Waals surface area (Å²) in [6.07, 6.45) is 0. The fourth-order valence-corrected chi connectivity index (χ4v) is 5.03. The molecule has 0 amide bonds. The number of carbonyl (C=O) groups is 1. The monoisotopic (exact) mass is 359 g/mol. The van der Waals surface area contributed by atoms with E-state index in [-0.39, 0.29) is 11.5 Å². The summed E-state index contributed by atoms with van der Waals surface area (Å²) in [6.45, 7) is 5.69. The van der Waals surface area contributed by atoms with Crippen LogP contribution in [0.5, 0.6) is 0 Å². The van der Waals surface area contributed by atoms with Crippen LogP contribution in [0.15, 0.2) is 53.4 Å². The molecule has 0 bridgehead atoms. The molecule has 0 aliphatic carbocycles. The lowest BCUT2D eigenvalue weighted by Crippen LogP contribution is -2.51. The molecule has 3 rings (SSSR count). The zero-order valence-corrected chi connectivity index (χ0v) is 15.3. The molecule has 132 valence electrons. The summed E-state index contributed by atoms with van der Waals surface area (Å²) in [5, 5.41) is 0. The van der Waals surface area contributed by atoms with Crippen molar-refractivity contribution in [3.8, 4) is 0 Å². The van der Waals surface area contributed by atoms with Crippen LogP contribution >= 0.6 is 0 Å². The van der Waals surface area contributed by atoms with E-state index in [4.69, 9.17) is 4.74 Å². The highest BCUT2D eigenvalue weighted by Crippen LogP contribution is 2.45. The summed E-state index contributed by atoms with van der Waals surface area (Å²) in [7, 11) is -3.79. The Morgan fingerprint density at radius 2 is 1.80 bits per heavy atom. The third-order valence-electron chi connectivity index (χ3n) is 4.72. The van der Waals surface area contributed by atoms with E-state index in [0.717, 1.165) is 11.1 Å². The minimum atomic E-state index is -3.79. The smallest absolute Gasteiger partial charge is 0.332 e. The maximum atomic E-state index is 13.0. The molecule has 0 radical (unpaired) electrons. The van der Waals surface area contributed by atoms with E-state index in [1.54, 1.807) is 25.1 Å². The van der Waals surface area contributed by atoms with Gasteiger partial charge in [0, 0.05) is 11.5 Å². The molecule has 1 aliphatic rings. The van der Waals surface area contributed by atoms with Gasteiger partial charge in [0.1, 0.15) is 0 Å². The van der Waals surface area contributed by atoms with Crippen LogP contribution in [0.4, 0.5) is 0 Å². The Morgan fingerprint density at radius 1 is 1.16 bits per heavy atom. The van der Waals surface area contributed by atoms with Crippen molar-refractivity contribution in [3.05, 3.63) is 65.2 Å². The van der Waals surface area contributed by atoms with Crippen molar-refractivity contribution in [1.29, 1.82) is 0 Å². The van der Waals surface area contributed by atoms with Gasteiger partial charge in [-0.25, -0.2) is 13.2 Å². The number of esters is 1. The molecule has 0 aromatic heterocycles. The van der Waals surface area contributed by atoms with Gasteiger partial charge in [0.05, 0.1) is 11.5 Å². The molecular weight excluding hydrogens is 338 g/mol. The number of sulfonamides is 1. The fraction of sp³-hybridized carbons (Fsp3) is 0.316. The van der Waals surface area contributed by atoms with E-state index < -0.39 is 27.4 Å². The Kier molecular flexibility index (Phi) is 4.43. The number of ether oxygens (including phenoxy) is 1. The second kappa shape index (κ2) is 6.28. The van der Waals surface area contributed by atoms with E-state index in [1.807, 2.05) is 38.1 Å². The van der Waals surface area contributed by atoms with E-state index >= 15 is 0 Å². The quantitative estimate of drug-likeness (QED) is 0.852. The van der Waals surface area contributed by atoms with Gasteiger partial charge in [-0.05, 0) is 25.5 Å². The summed E-state index contributed by atoms with van der Waals surface area (Å²) in [6, 6.07) is 14.3. The highest BCUT2D eigenvalue weighted by molar-refractivity contribution is 7.90. The van der Waals surface area contributed by atoms with Crippen molar-refractivity contribution in [3.63, 3.8) is 0 Å². The van der Waals surface area contributed by atoms with Gasteiger partial charge in [0.25, 0.3) is 0 Å². The SMILES string of the molecule is CCOC(=O)[C@]1(C(C)c2ccc(C)cc2)NS(=O)(=O)c2ccccc21. The van der Waals surface area contributed by atoms with Gasteiger partial charge >= 0.3 is 5.97 Å². The van der Waals surface area contributed by atoms with Crippen LogP contribution in [0.3, 0.4) is 0 Å². The van der Waals surface area contributed by atoms with Crippen molar-refractivity contribution >= 4 is 16.0 Å². The Bertz CT molecular complexity index is 905. The van der Waals surface area contributed by atoms with Crippen molar-refractivity contribution in [2.75, 3.05) is 6.61 Å². The third-order valence-corrected chi connectivity index (χ3v) is 6.25. The number of fused-ring (bicyclic) bond motifs is 1. The van der Waals surface area contributed by atoms with Crippen LogP contribution in [0.25, 0.3) is 0 Å². The number of benzene rings is 2. The molecule has 25 heavy (non-hydrogen) atoms. The van der Waals surface area contributed by atoms with Gasteiger partial charge in [-0.15, -0.1) is 0 Å². The molecule has 0 saturated heterocycles. The minimum Gasteiger partial charge on any atom is -0.464 e. The molecule has 1 unspecified atom stereocenters. The average Bonchev–Trinajstić information content (AvgIpc) is 2.84. The van der Waals surface area contributed by atoms with E-state index in [2.05, 4.69) is 4.72 Å². The number of hydrogen-bond donors (Lipinski definition) is 1. The maximum Gasteiger partial charge on any atom is 0.332 e. The number of nitrogens with one attached hydrogen (secondary N) is 1. The van der Waals surface area contributed by atoms with Gasteiger partial charge in [0.15, 0.2) is 5.54 Å². The highest BCUT2D eigenvalue weighted by Gasteiger charge is 2.56. The molecule has 1 N–H and O–H groups in total. The predicted molar refractivity (Wildman–Crippen MR) is 94.7 cm³/mol. The summed E-state index contributed by atoms with van der Waals surface area (Å²) in [5.41, 5.74) is 0.911. The molecule has 1 heterocycles. The first-order valence-corrected chi connectivity index (χ1v) is 9.68. The third kappa shape index (κ3) is 2.75. The largest absolute Gasteiger partial charge is 0.464 e. The molecule has 5 nitrogen and oxygen atoms in total. The zero-order valence-electron chi connectivity index (χ0n) is 14.4. The van der Waals surface area contributed by atoms with Crippen LogP contribution in [0, 0.1) is 6.92 Å². The summed E-state index contributed by atoms with van der Waals surface area (Å²) in [5.74, 6) is -1.03. The average molecular weight is 359 g/mol. The number of hydrogen-bond acceptors (Lipinski definition) is 4. The maximum absolute atomic E-state index is 13.0. The molecule has 6 heteroatoms. The van der Waals surface area contributed by atoms with Gasteiger partial charge in [-0.2, -0.15) is 4.72 Å². The van der Waals surface area contributed by atoms with Gasteiger partial charge in [0.2, 0.25) is 10.0 Å². The normalized spacial score (nSPS) is 22.2. The number of carbonyl (C=O) groups excluding carboxylic acids is 1. The lowest BCUT2D eigenvalue weighted by atomic mass is 9.76. The van der Waals surface area contributed by atoms with E-state index in [9.17, 15) is 13.2 Å². The second-order valence-corrected chi connectivity index (χ2v) is 7.91. The topological polar surface area (TPSA) is 72.5 Å². The molecule has 0 spiro atoms. The molecule has 2 atom stereocenters. The molecule has 2 aromatic carbocycles. The molecule has 1 aliphatic heterocycles. The first-order valence-electron chi connectivity index (χ1n) is 8.20. The lowest BCUT2D eigenvalue weighted by Gasteiger charge is -2.33. The van der Waals surface area contributed by atoms with E-state index in [1.165, 1.54) is 6.07 Å². The van der Waals surface area contributed by atoms with Crippen LogP contribution in [0.2, 0.25) is 0 Å². The summed E-state index contributed by atoms with van der Waals surface area (Å²) < 4.78 is 33.2. The van der Waals surface area contributed by atoms with Crippen molar-refractivity contribution in [2.45, 2.75) is 37.1 Å². The molecule has 0 fully saturated rings. The first kappa shape index (κ1) is 17.6. The van der Waals surface area contributed by atoms with Crippen molar-refractivity contribution in [1.82, 2.24) is 4.72 Å². The standard InChI is InChI=1S/C19H21NO4S/c1-4-24-18(21)19(14(3)15-11-9-13(2)10-12-15)16-7-5-6-8-17(16)25(22,23)20-19/h5-12,14,20H,4H2,1-3H3/t14?,19-/m1/s1. The van der Waals surface area contributed by atoms with Gasteiger partial charge < -0.3 is 4.74 Å². The highest BCUT2D eigenvalue weighted by atomic mass is 32.2. The molecular formula is C19H21NO4S. The Balaban J connectivity index is 2.23. The van der Waals surface area contributed by atoms with Gasteiger partial charge in [-0.3, -0.25) is 0 Å². The van der Waals surface area contributed by atoms with Crippen molar-refractivity contribution in [2.24, 2.45) is 0 Å². The molecule has 0 saturated carbocycles. The zero-order chi connectivity index (χ0) is 18.2. The Labute approximate surface area is 148 Å². The molecule has 2 aromatic rings. The second-order valence-electron chi connectivity index (χ2n) is 6.26. The van der Waals surface area contributed by atoms with Crippen LogP contribution < -0.4 is 4.72 Å². The lowest BCUT2D eigenvalue weighted by molar-refractivity contribution is -0.151. The van der Waals surface area contributed by atoms with Crippen LogP contribution in [-0.4, -0.2) is 21.0 Å². The fourth-order valence-electron chi connectivity index (χ4n) is 3.35. The van der Waals surface area contributed by atoms with Crippen molar-refractivity contribution < 1.29 is 17.9 Å². The van der Waals surface area contributed by atoms with Gasteiger partial charge in [-0.1, -0.05) is 55.0 Å². The van der Waals surface area contributed by atoms with Crippen LogP contribution in [-0.2, 0) is 25.1 Å². The summed E-state index contributed by atoms with van der Waals surface area (Å²) in [4.78, 5) is 13.1. The number of rotatable bonds is 4. The predicted octanol–water partition coefficient (Wildman–Crippen LogP) is 2.85. The summed E-state index contributed by atoms with van der Waals surface area (Å²) >= 11 is 0. The van der Waals surface area contributed by atoms with Crippen LogP contribution in [0.1, 0.15) is 36.5 Å². The number of aryl methyl sites for hydroxylation is 1. The minimum absolute atomic E-state index is 0.127. The van der Waals surface area contributed by atoms with E-state index in [0.29, 0.717) is 5.56 Å². The Morgan fingerprint density at radius 3 is 2.44 bits per heavy atom. The Hall–Kier alpha value is -2.18. The first-order chi connectivity index (χ1) is 11.8.